The van der Waals surface area contributed by atoms with Gasteiger partial charge in [0.25, 0.3) is 0 Å². The largest absolute Gasteiger partial charge is 0.481 e. The molecule has 70 valence electrons. The van der Waals surface area contributed by atoms with Crippen molar-refractivity contribution in [3.63, 3.8) is 0 Å². The molecule has 1 rings (SSSR count). The van der Waals surface area contributed by atoms with Crippen molar-refractivity contribution in [1.29, 1.82) is 0 Å². The quantitative estimate of drug-likeness (QED) is 0.301. The first-order valence-electron chi connectivity index (χ1n) is 3.68. The number of nitrogens with zero attached hydrogens (tertiary/aromatic N) is 2. The molecule has 0 bridgehead atoms. The first-order chi connectivity index (χ1) is 6.17. The van der Waals surface area contributed by atoms with Gasteiger partial charge in [-0.05, 0) is 13.0 Å². The monoisotopic (exact) mass is 181 g/mol. The fourth-order valence-electron chi connectivity index (χ4n) is 0.948. The minimum atomic E-state index is 0.0452. The normalized spacial score (nSPS) is 11.4. The fraction of sp³-hybridized carbons (Fsp3) is 0.250. The summed E-state index contributed by atoms with van der Waals surface area (Å²) < 4.78 is 4.93. The van der Waals surface area contributed by atoms with E-state index in [1.165, 1.54) is 7.11 Å². The molecular formula is C8H11N3O2. The molecule has 0 atom stereocenters. The Hall–Kier alpha value is -1.78. The van der Waals surface area contributed by atoms with Crippen LogP contribution in [0.2, 0.25) is 0 Å². The Morgan fingerprint density at radius 1 is 1.62 bits per heavy atom. The molecule has 1 aromatic rings. The van der Waals surface area contributed by atoms with Gasteiger partial charge in [0.15, 0.2) is 5.84 Å². The van der Waals surface area contributed by atoms with E-state index in [4.69, 9.17) is 15.7 Å². The maximum Gasteiger partial charge on any atom is 0.213 e. The van der Waals surface area contributed by atoms with E-state index < -0.39 is 0 Å². The summed E-state index contributed by atoms with van der Waals surface area (Å²) in [4.78, 5) is 4.05. The van der Waals surface area contributed by atoms with Gasteiger partial charge in [-0.15, -0.1) is 0 Å². The number of methoxy groups -OCH3 is 1. The van der Waals surface area contributed by atoms with Crippen LogP contribution in [-0.2, 0) is 0 Å². The number of aryl methyl sites for hydroxylation is 1. The maximum atomic E-state index is 8.44. The van der Waals surface area contributed by atoms with Gasteiger partial charge in [0.05, 0.1) is 7.11 Å². The van der Waals surface area contributed by atoms with Crippen molar-refractivity contribution in [3.8, 4) is 5.88 Å². The molecule has 0 aliphatic carbocycles. The number of hydrogen-bond donors (Lipinski definition) is 2. The van der Waals surface area contributed by atoms with Gasteiger partial charge < -0.3 is 15.7 Å². The molecule has 0 saturated heterocycles. The van der Waals surface area contributed by atoms with E-state index in [0.717, 1.165) is 5.69 Å². The lowest BCUT2D eigenvalue weighted by Gasteiger charge is -2.03. The van der Waals surface area contributed by atoms with E-state index in [1.807, 2.05) is 0 Å². The second-order valence-electron chi connectivity index (χ2n) is 2.52. The molecule has 0 unspecified atom stereocenters. The zero-order chi connectivity index (χ0) is 9.84. The molecular weight excluding hydrogens is 170 g/mol. The molecule has 0 aliphatic heterocycles. The smallest absolute Gasteiger partial charge is 0.213 e. The van der Waals surface area contributed by atoms with Gasteiger partial charge in [0.2, 0.25) is 5.88 Å². The average molecular weight is 181 g/mol. The lowest BCUT2D eigenvalue weighted by atomic mass is 10.2. The fourth-order valence-corrected chi connectivity index (χ4v) is 0.948. The third kappa shape index (κ3) is 2.08. The Kier molecular flexibility index (Phi) is 2.69. The molecule has 0 fully saturated rings. The van der Waals surface area contributed by atoms with E-state index in [1.54, 1.807) is 19.1 Å². The van der Waals surface area contributed by atoms with Crippen molar-refractivity contribution >= 4 is 5.84 Å². The number of nitrogens with two attached hydrogens (primary N) is 1. The molecule has 0 spiro atoms. The van der Waals surface area contributed by atoms with Crippen molar-refractivity contribution in [2.75, 3.05) is 7.11 Å². The highest BCUT2D eigenvalue weighted by Crippen LogP contribution is 2.11. The molecule has 13 heavy (non-hydrogen) atoms. The third-order valence-corrected chi connectivity index (χ3v) is 1.54. The maximum absolute atomic E-state index is 8.44. The summed E-state index contributed by atoms with van der Waals surface area (Å²) in [5, 5.41) is 11.3. The highest BCUT2D eigenvalue weighted by Gasteiger charge is 2.03. The number of oxime groups is 1. The standard InChI is InChI=1S/C8H11N3O2/c1-5-3-6(8(9)11-12)4-7(10-5)13-2/h3-4,12H,1-2H3,(H2,9,11). The third-order valence-electron chi connectivity index (χ3n) is 1.54. The van der Waals surface area contributed by atoms with E-state index in [0.29, 0.717) is 11.4 Å². The summed E-state index contributed by atoms with van der Waals surface area (Å²) in [6, 6.07) is 3.31. The van der Waals surface area contributed by atoms with Gasteiger partial charge in [-0.3, -0.25) is 0 Å². The van der Waals surface area contributed by atoms with Gasteiger partial charge in [-0.2, -0.15) is 0 Å². The first kappa shape index (κ1) is 9.31. The number of rotatable bonds is 2. The van der Waals surface area contributed by atoms with Gasteiger partial charge >= 0.3 is 0 Å². The number of hydrogen-bond acceptors (Lipinski definition) is 4. The highest BCUT2D eigenvalue weighted by atomic mass is 16.5. The van der Waals surface area contributed by atoms with Crippen molar-refractivity contribution in [2.24, 2.45) is 10.9 Å². The van der Waals surface area contributed by atoms with Crippen LogP contribution in [-0.4, -0.2) is 23.1 Å². The van der Waals surface area contributed by atoms with E-state index in [-0.39, 0.29) is 5.84 Å². The molecule has 0 radical (unpaired) electrons. The zero-order valence-corrected chi connectivity index (χ0v) is 7.48. The van der Waals surface area contributed by atoms with Crippen molar-refractivity contribution in [1.82, 2.24) is 4.98 Å². The van der Waals surface area contributed by atoms with Gasteiger partial charge in [-0.1, -0.05) is 5.16 Å². The minimum Gasteiger partial charge on any atom is -0.481 e. The molecule has 5 heteroatoms. The second-order valence-corrected chi connectivity index (χ2v) is 2.52. The lowest BCUT2D eigenvalue weighted by Crippen LogP contribution is -2.13. The Balaban J connectivity index is 3.16. The minimum absolute atomic E-state index is 0.0452. The average Bonchev–Trinajstić information content (AvgIpc) is 2.15. The highest BCUT2D eigenvalue weighted by molar-refractivity contribution is 5.97. The zero-order valence-electron chi connectivity index (χ0n) is 7.48. The SMILES string of the molecule is COc1cc(/C(N)=N/O)cc(C)n1. The van der Waals surface area contributed by atoms with Gasteiger partial charge in [-0.25, -0.2) is 4.98 Å². The molecule has 0 aromatic carbocycles. The molecule has 0 amide bonds. The lowest BCUT2D eigenvalue weighted by molar-refractivity contribution is 0.318. The van der Waals surface area contributed by atoms with E-state index in [2.05, 4.69) is 10.1 Å². The number of amidine groups is 1. The van der Waals surface area contributed by atoms with Gasteiger partial charge in [0.1, 0.15) is 0 Å². The van der Waals surface area contributed by atoms with Gasteiger partial charge in [0, 0.05) is 17.3 Å². The molecule has 3 N–H and O–H groups in total. The summed E-state index contributed by atoms with van der Waals surface area (Å²) in [5.74, 6) is 0.491. The van der Waals surface area contributed by atoms with Crippen molar-refractivity contribution in [2.45, 2.75) is 6.92 Å². The summed E-state index contributed by atoms with van der Waals surface area (Å²) in [6.45, 7) is 1.80. The van der Waals surface area contributed by atoms with Crippen molar-refractivity contribution in [3.05, 3.63) is 23.4 Å². The molecule has 1 aromatic heterocycles. The van der Waals surface area contributed by atoms with Crippen molar-refractivity contribution < 1.29 is 9.94 Å². The van der Waals surface area contributed by atoms with Crippen LogP contribution in [0.5, 0.6) is 5.88 Å². The topological polar surface area (TPSA) is 80.7 Å². The van der Waals surface area contributed by atoms with Crippen LogP contribution in [0, 0.1) is 6.92 Å². The van der Waals surface area contributed by atoms with Crippen LogP contribution in [0.15, 0.2) is 17.3 Å². The van der Waals surface area contributed by atoms with Crippen LogP contribution >= 0.6 is 0 Å². The Morgan fingerprint density at radius 2 is 2.31 bits per heavy atom. The summed E-state index contributed by atoms with van der Waals surface area (Å²) in [7, 11) is 1.51. The van der Waals surface area contributed by atoms with E-state index >= 15 is 0 Å². The van der Waals surface area contributed by atoms with Crippen LogP contribution in [0.1, 0.15) is 11.3 Å². The molecule has 5 nitrogen and oxygen atoms in total. The molecule has 0 saturated carbocycles. The second kappa shape index (κ2) is 3.75. The van der Waals surface area contributed by atoms with Crippen LogP contribution in [0.3, 0.4) is 0 Å². The Morgan fingerprint density at radius 3 is 2.85 bits per heavy atom. The molecule has 1 heterocycles. The Labute approximate surface area is 75.8 Å². The Bertz CT molecular complexity index is 336. The molecule has 0 aliphatic rings. The van der Waals surface area contributed by atoms with Crippen LogP contribution in [0.25, 0.3) is 0 Å². The van der Waals surface area contributed by atoms with E-state index in [9.17, 15) is 0 Å². The number of aromatic nitrogens is 1. The number of ether oxygens (including phenoxy) is 1. The van der Waals surface area contributed by atoms with Crippen LogP contribution in [0.4, 0.5) is 0 Å². The van der Waals surface area contributed by atoms with Crippen LogP contribution < -0.4 is 10.5 Å². The predicted octanol–water partition coefficient (Wildman–Crippen LogP) is 0.493. The summed E-state index contributed by atoms with van der Waals surface area (Å²) in [6.07, 6.45) is 0. The summed E-state index contributed by atoms with van der Waals surface area (Å²) in [5.41, 5.74) is 6.74. The summed E-state index contributed by atoms with van der Waals surface area (Å²) >= 11 is 0. The number of pyridine rings is 1. The first-order valence-corrected chi connectivity index (χ1v) is 3.68. The predicted molar refractivity (Wildman–Crippen MR) is 48.0 cm³/mol.